The molecule has 2 aromatic heterocycles. The normalized spacial score (nSPS) is 26.7. The van der Waals surface area contributed by atoms with Gasteiger partial charge in [0.25, 0.3) is 5.91 Å². The van der Waals surface area contributed by atoms with Crippen LogP contribution in [0.5, 0.6) is 0 Å². The molecule has 2 heterocycles. The third kappa shape index (κ3) is 4.08. The predicted molar refractivity (Wildman–Crippen MR) is 129 cm³/mol. The van der Waals surface area contributed by atoms with Gasteiger partial charge in [-0.3, -0.25) is 24.9 Å². The van der Waals surface area contributed by atoms with Gasteiger partial charge >= 0.3 is 5.69 Å². The lowest BCUT2D eigenvalue weighted by Crippen LogP contribution is -2.52. The van der Waals surface area contributed by atoms with Crippen molar-refractivity contribution in [1.29, 1.82) is 0 Å². The quantitative estimate of drug-likeness (QED) is 0.367. The maximum Gasteiger partial charge on any atom is 0.320 e. The Hall–Kier alpha value is -2.98. The Bertz CT molecular complexity index is 1300. The molecule has 182 valence electrons. The molecule has 4 aliphatic carbocycles. The first-order valence-corrected chi connectivity index (χ1v) is 12.4. The summed E-state index contributed by atoms with van der Waals surface area (Å²) < 4.78 is 3.25. The van der Waals surface area contributed by atoms with Crippen molar-refractivity contribution >= 4 is 40.7 Å². The van der Waals surface area contributed by atoms with Gasteiger partial charge in [0.1, 0.15) is 12.5 Å². The number of aromatic nitrogens is 5. The number of rotatable bonds is 6. The summed E-state index contributed by atoms with van der Waals surface area (Å²) in [6.07, 6.45) is 9.54. The van der Waals surface area contributed by atoms with E-state index in [1.54, 1.807) is 16.8 Å². The molecule has 0 saturated heterocycles. The summed E-state index contributed by atoms with van der Waals surface area (Å²) in [6, 6.07) is 5.23. The number of amides is 1. The average molecular weight is 516 g/mol. The van der Waals surface area contributed by atoms with E-state index in [0.29, 0.717) is 34.3 Å². The van der Waals surface area contributed by atoms with Crippen molar-refractivity contribution in [2.75, 3.05) is 5.32 Å². The molecular formula is C23H23Cl2N7O3. The summed E-state index contributed by atoms with van der Waals surface area (Å²) in [6.45, 7) is 0.362. The minimum atomic E-state index is -0.701. The minimum Gasteiger partial charge on any atom is -0.287 e. The summed E-state index contributed by atoms with van der Waals surface area (Å²) in [5.74, 6) is 1.27. The number of hydrogen-bond donors (Lipinski definition) is 1. The fraction of sp³-hybridized carbons (Fsp3) is 0.478. The monoisotopic (exact) mass is 515 g/mol. The molecular weight excluding hydrogens is 493 g/mol. The number of carbonyl (C=O) groups excluding carboxylic acids is 1. The van der Waals surface area contributed by atoms with E-state index in [0.717, 1.165) is 24.8 Å². The van der Waals surface area contributed by atoms with Crippen molar-refractivity contribution in [2.45, 2.75) is 50.6 Å². The predicted octanol–water partition coefficient (Wildman–Crippen LogP) is 4.92. The number of nitrogens with one attached hydrogen (secondary N) is 1. The van der Waals surface area contributed by atoms with Crippen molar-refractivity contribution in [1.82, 2.24) is 24.5 Å². The molecule has 0 unspecified atom stereocenters. The Labute approximate surface area is 210 Å². The minimum absolute atomic E-state index is 0.0358. The highest BCUT2D eigenvalue weighted by atomic mass is 35.5. The van der Waals surface area contributed by atoms with Gasteiger partial charge in [-0.05, 0) is 74.0 Å². The molecule has 4 fully saturated rings. The summed E-state index contributed by atoms with van der Waals surface area (Å²) in [5, 5.41) is 24.0. The fourth-order valence-corrected chi connectivity index (χ4v) is 6.98. The van der Waals surface area contributed by atoms with E-state index < -0.39 is 10.8 Å². The zero-order chi connectivity index (χ0) is 24.3. The van der Waals surface area contributed by atoms with Crippen molar-refractivity contribution in [3.63, 3.8) is 0 Å². The van der Waals surface area contributed by atoms with Crippen LogP contribution in [-0.2, 0) is 12.1 Å². The molecule has 3 aromatic rings. The summed E-state index contributed by atoms with van der Waals surface area (Å²) in [4.78, 5) is 28.4. The molecule has 1 N–H and O–H groups in total. The first-order valence-electron chi connectivity index (χ1n) is 11.7. The van der Waals surface area contributed by atoms with Gasteiger partial charge in [-0.2, -0.15) is 5.10 Å². The van der Waals surface area contributed by atoms with Crippen molar-refractivity contribution in [2.24, 2.45) is 17.8 Å². The van der Waals surface area contributed by atoms with Crippen molar-refractivity contribution in [3.8, 4) is 0 Å². The highest BCUT2D eigenvalue weighted by Gasteiger charge is 2.53. The van der Waals surface area contributed by atoms with Crippen LogP contribution in [0.15, 0.2) is 30.7 Å². The lowest BCUT2D eigenvalue weighted by molar-refractivity contribution is -0.385. The zero-order valence-electron chi connectivity index (χ0n) is 18.7. The van der Waals surface area contributed by atoms with Crippen molar-refractivity contribution < 1.29 is 9.72 Å². The van der Waals surface area contributed by atoms with Crippen LogP contribution in [0.1, 0.15) is 54.6 Å². The van der Waals surface area contributed by atoms with Crippen LogP contribution < -0.4 is 5.32 Å². The highest BCUT2D eigenvalue weighted by molar-refractivity contribution is 6.42. The van der Waals surface area contributed by atoms with Crippen LogP contribution in [0.3, 0.4) is 0 Å². The smallest absolute Gasteiger partial charge is 0.287 e. The van der Waals surface area contributed by atoms with Gasteiger partial charge in [0.05, 0.1) is 27.1 Å². The van der Waals surface area contributed by atoms with E-state index in [1.807, 2.05) is 6.07 Å². The van der Waals surface area contributed by atoms with E-state index in [9.17, 15) is 14.9 Å². The van der Waals surface area contributed by atoms with Crippen LogP contribution in [-0.4, -0.2) is 35.4 Å². The van der Waals surface area contributed by atoms with E-state index in [-0.39, 0.29) is 22.9 Å². The summed E-state index contributed by atoms with van der Waals surface area (Å²) >= 11 is 12.0. The van der Waals surface area contributed by atoms with E-state index >= 15 is 0 Å². The maximum absolute atomic E-state index is 13.0. The number of nitro groups is 1. The molecule has 1 amide bonds. The lowest BCUT2D eigenvalue weighted by Gasteiger charge is -2.56. The molecule has 0 atom stereocenters. The molecule has 4 aliphatic rings. The zero-order valence-corrected chi connectivity index (χ0v) is 20.2. The first-order chi connectivity index (χ1) is 16.8. The molecule has 10 nitrogen and oxygen atoms in total. The number of anilines is 1. The van der Waals surface area contributed by atoms with Crippen LogP contribution in [0, 0.1) is 27.9 Å². The standard InChI is InChI=1S/C23H23Cl2N7O3/c24-17-2-1-13(6-18(17)25)10-30-12-26-22(29-30)27-21(33)20-19(32(34)35)11-31(28-20)23-7-14-3-15(8-23)5-16(4-14)9-23/h1-2,6,11-12,14-16H,3-5,7-10H2,(H,27,29,33). The second-order valence-corrected chi connectivity index (χ2v) is 11.0. The largest absolute Gasteiger partial charge is 0.320 e. The van der Waals surface area contributed by atoms with E-state index in [4.69, 9.17) is 23.2 Å². The van der Waals surface area contributed by atoms with Crippen LogP contribution in [0.25, 0.3) is 0 Å². The third-order valence-corrected chi connectivity index (χ3v) is 8.43. The average Bonchev–Trinajstić information content (AvgIpc) is 3.43. The second kappa shape index (κ2) is 8.30. The Morgan fingerprint density at radius 1 is 1.11 bits per heavy atom. The SMILES string of the molecule is O=C(Nc1ncn(Cc2ccc(Cl)c(Cl)c2)n1)c1nn(C23CC4CC(CC(C4)C2)C3)cc1[N+](=O)[O-]. The summed E-state index contributed by atoms with van der Waals surface area (Å²) in [5.41, 5.74) is 0.116. The Morgan fingerprint density at radius 3 is 2.43 bits per heavy atom. The summed E-state index contributed by atoms with van der Waals surface area (Å²) in [7, 11) is 0. The van der Waals surface area contributed by atoms with E-state index in [1.165, 1.54) is 36.5 Å². The van der Waals surface area contributed by atoms with Gasteiger partial charge in [0.15, 0.2) is 0 Å². The Kier molecular flexibility index (Phi) is 5.33. The molecule has 4 saturated carbocycles. The molecule has 0 spiro atoms. The third-order valence-electron chi connectivity index (χ3n) is 7.69. The van der Waals surface area contributed by atoms with Gasteiger partial charge in [-0.1, -0.05) is 29.3 Å². The number of halogens is 2. The number of hydrogen-bond acceptors (Lipinski definition) is 6. The van der Waals surface area contributed by atoms with Gasteiger partial charge < -0.3 is 0 Å². The van der Waals surface area contributed by atoms with Gasteiger partial charge in [-0.15, -0.1) is 5.10 Å². The van der Waals surface area contributed by atoms with Crippen LogP contribution in [0.4, 0.5) is 11.6 Å². The number of benzene rings is 1. The Balaban J connectivity index is 1.22. The first kappa shape index (κ1) is 22.5. The highest BCUT2D eigenvalue weighted by Crippen LogP contribution is 2.58. The lowest BCUT2D eigenvalue weighted by atomic mass is 9.53. The van der Waals surface area contributed by atoms with E-state index in [2.05, 4.69) is 20.5 Å². The molecule has 0 aliphatic heterocycles. The second-order valence-electron chi connectivity index (χ2n) is 10.2. The van der Waals surface area contributed by atoms with Crippen molar-refractivity contribution in [3.05, 3.63) is 62.1 Å². The molecule has 4 bridgehead atoms. The molecule has 35 heavy (non-hydrogen) atoms. The number of carbonyl (C=O) groups is 1. The Morgan fingerprint density at radius 2 is 1.80 bits per heavy atom. The fourth-order valence-electron chi connectivity index (χ4n) is 6.66. The van der Waals surface area contributed by atoms with Crippen LogP contribution in [0.2, 0.25) is 10.0 Å². The maximum atomic E-state index is 13.0. The van der Waals surface area contributed by atoms with Crippen LogP contribution >= 0.6 is 23.2 Å². The number of nitrogens with zero attached hydrogens (tertiary/aromatic N) is 6. The molecule has 1 aromatic carbocycles. The molecule has 0 radical (unpaired) electrons. The molecule has 7 rings (SSSR count). The molecule has 12 heteroatoms. The van der Waals surface area contributed by atoms with Gasteiger partial charge in [0.2, 0.25) is 11.6 Å². The van der Waals surface area contributed by atoms with Gasteiger partial charge in [-0.25, -0.2) is 9.67 Å². The topological polar surface area (TPSA) is 121 Å². The van der Waals surface area contributed by atoms with Gasteiger partial charge in [0, 0.05) is 0 Å².